The van der Waals surface area contributed by atoms with Gasteiger partial charge in [0.1, 0.15) is 0 Å². The van der Waals surface area contributed by atoms with Crippen LogP contribution in [0.15, 0.2) is 0 Å². The Morgan fingerprint density at radius 1 is 0.833 bits per heavy atom. The first-order valence-corrected chi connectivity index (χ1v) is 16.8. The highest BCUT2D eigenvalue weighted by Crippen LogP contribution is 2.27. The predicted octanol–water partition coefficient (Wildman–Crippen LogP) is 7.45. The molecule has 6 nitrogen and oxygen atoms in total. The lowest BCUT2D eigenvalue weighted by Gasteiger charge is -2.27. The van der Waals surface area contributed by atoms with Crippen molar-refractivity contribution < 1.29 is 29.2 Å². The molecule has 0 amide bonds. The van der Waals surface area contributed by atoms with E-state index in [9.17, 15) is 19.7 Å². The van der Waals surface area contributed by atoms with Gasteiger partial charge in [-0.2, -0.15) is 16.7 Å². The van der Waals surface area contributed by atoms with Crippen molar-refractivity contribution in [1.29, 1.82) is 0 Å². The third-order valence-corrected chi connectivity index (χ3v) is 8.79. The second kappa shape index (κ2) is 25.1. The number of hydrogen-bond donors (Lipinski definition) is 2. The lowest BCUT2D eigenvalue weighted by molar-refractivity contribution is -0.170. The molecule has 0 radical (unpaired) electrons. The van der Waals surface area contributed by atoms with Crippen molar-refractivity contribution in [3.05, 3.63) is 0 Å². The van der Waals surface area contributed by atoms with Crippen LogP contribution in [-0.2, 0) is 14.3 Å². The summed E-state index contributed by atoms with van der Waals surface area (Å²) in [5.74, 6) is -0.393. The van der Waals surface area contributed by atoms with E-state index in [0.717, 1.165) is 18.6 Å². The summed E-state index contributed by atoms with van der Waals surface area (Å²) in [7, 11) is -3.04. The van der Waals surface area contributed by atoms with Crippen LogP contribution >= 0.6 is 19.8 Å². The molecule has 4 atom stereocenters. The molecule has 0 bridgehead atoms. The SMILES string of the molecule is CCCCCCCCCCSC(CCCCCCCCC)C(C)OC(OCCC)C(C(=O)O)=[P+]([O-])O. The van der Waals surface area contributed by atoms with E-state index < -0.39 is 25.6 Å². The van der Waals surface area contributed by atoms with Gasteiger partial charge in [0.05, 0.1) is 6.10 Å². The molecule has 0 spiro atoms. The van der Waals surface area contributed by atoms with Gasteiger partial charge in [-0.1, -0.05) is 111 Å². The van der Waals surface area contributed by atoms with Gasteiger partial charge in [-0.25, -0.2) is 4.79 Å². The molecule has 214 valence electrons. The van der Waals surface area contributed by atoms with Gasteiger partial charge in [0.25, 0.3) is 5.29 Å². The summed E-state index contributed by atoms with van der Waals surface area (Å²) in [4.78, 5) is 32.9. The Hall–Kier alpha value is -0.170. The monoisotopic (exact) mass is 550 g/mol. The fraction of sp³-hybridized carbons (Fsp3) is 0.929. The summed E-state index contributed by atoms with van der Waals surface area (Å²) in [6.07, 6.45) is 19.1. The number of carboxylic acids is 1. The maximum atomic E-state index is 11.7. The van der Waals surface area contributed by atoms with Crippen molar-refractivity contribution in [2.45, 2.75) is 154 Å². The Bertz CT molecular complexity index is 556. The van der Waals surface area contributed by atoms with Gasteiger partial charge < -0.3 is 19.5 Å². The van der Waals surface area contributed by atoms with Crippen LogP contribution in [-0.4, -0.2) is 51.3 Å². The third kappa shape index (κ3) is 19.0. The van der Waals surface area contributed by atoms with Crippen molar-refractivity contribution >= 4 is 31.0 Å². The zero-order valence-electron chi connectivity index (χ0n) is 23.5. The molecule has 0 aliphatic rings. The highest BCUT2D eigenvalue weighted by atomic mass is 32.2. The van der Waals surface area contributed by atoms with E-state index in [0.29, 0.717) is 6.42 Å². The van der Waals surface area contributed by atoms with Crippen molar-refractivity contribution in [3.8, 4) is 0 Å². The zero-order valence-corrected chi connectivity index (χ0v) is 25.3. The molecule has 0 aliphatic heterocycles. The number of thioether (sulfide) groups is 1. The molecule has 0 heterocycles. The van der Waals surface area contributed by atoms with Crippen LogP contribution in [0.25, 0.3) is 0 Å². The summed E-state index contributed by atoms with van der Waals surface area (Å²) in [5, 5.41) is 9.07. The van der Waals surface area contributed by atoms with Gasteiger partial charge in [0.15, 0.2) is 0 Å². The van der Waals surface area contributed by atoms with Gasteiger partial charge in [-0.05, 0) is 31.9 Å². The summed E-state index contributed by atoms with van der Waals surface area (Å²) < 4.78 is 11.6. The normalized spacial score (nSPS) is 14.9. The quantitative estimate of drug-likeness (QED) is 0.0655. The lowest BCUT2D eigenvalue weighted by Crippen LogP contribution is -2.39. The van der Waals surface area contributed by atoms with Crippen LogP contribution in [0.4, 0.5) is 0 Å². The van der Waals surface area contributed by atoms with Crippen LogP contribution in [0, 0.1) is 0 Å². The van der Waals surface area contributed by atoms with E-state index in [-0.39, 0.29) is 18.0 Å². The molecule has 0 aromatic carbocycles. The van der Waals surface area contributed by atoms with E-state index in [1.54, 1.807) is 0 Å². The summed E-state index contributed by atoms with van der Waals surface area (Å²) in [6.45, 7) is 8.59. The molecule has 0 saturated carbocycles. The lowest BCUT2D eigenvalue weighted by atomic mass is 10.1. The number of rotatable bonds is 26. The van der Waals surface area contributed by atoms with E-state index in [2.05, 4.69) is 13.8 Å². The standard InChI is InChI=1S/C28H55O6PS/c1-5-8-10-12-14-16-18-20-23-36-25(21-19-17-15-13-11-9-6-2)24(4)34-28(33-22-7-3)26(27(29)30)35(31)32/h24-25,28H,5-23H2,1-4H3,(H,29,30)(H,31,32). The molecule has 0 aromatic heterocycles. The number of hydrogen-bond acceptors (Lipinski definition) is 6. The van der Waals surface area contributed by atoms with Gasteiger partial charge >= 0.3 is 5.97 Å². The topological polar surface area (TPSA) is 99.1 Å². The minimum atomic E-state index is -3.04. The molecule has 0 rings (SSSR count). The minimum absolute atomic E-state index is 0.199. The molecule has 36 heavy (non-hydrogen) atoms. The first-order chi connectivity index (χ1) is 17.4. The Morgan fingerprint density at radius 3 is 1.81 bits per heavy atom. The molecule has 0 aromatic rings. The number of carbonyl (C=O) groups is 1. The van der Waals surface area contributed by atoms with Crippen LogP contribution in [0.1, 0.15) is 137 Å². The Morgan fingerprint density at radius 2 is 1.33 bits per heavy atom. The largest absolute Gasteiger partial charge is 0.603 e. The molecule has 2 N–H and O–H groups in total. The minimum Gasteiger partial charge on any atom is -0.603 e. The maximum Gasteiger partial charge on any atom is 0.382 e. The fourth-order valence-corrected chi connectivity index (χ4v) is 6.01. The third-order valence-electron chi connectivity index (χ3n) is 6.41. The predicted molar refractivity (Wildman–Crippen MR) is 154 cm³/mol. The van der Waals surface area contributed by atoms with E-state index >= 15 is 0 Å². The summed E-state index contributed by atoms with van der Waals surface area (Å²) in [6, 6.07) is 0. The number of carboxylic acid groups (broad SMARTS) is 1. The Labute approximate surface area is 226 Å². The van der Waals surface area contributed by atoms with Gasteiger partial charge in [0, 0.05) is 11.9 Å². The molecule has 0 fully saturated rings. The summed E-state index contributed by atoms with van der Waals surface area (Å²) in [5.41, 5.74) is 0. The fourth-order valence-electron chi connectivity index (χ4n) is 4.19. The maximum absolute atomic E-state index is 11.7. The molecular weight excluding hydrogens is 495 g/mol. The highest BCUT2D eigenvalue weighted by molar-refractivity contribution is 7.99. The van der Waals surface area contributed by atoms with Gasteiger partial charge in [-0.15, -0.1) is 0 Å². The number of unbranched alkanes of at least 4 members (excludes halogenated alkanes) is 13. The summed E-state index contributed by atoms with van der Waals surface area (Å²) >= 11 is 1.90. The van der Waals surface area contributed by atoms with E-state index in [1.165, 1.54) is 89.9 Å². The van der Waals surface area contributed by atoms with Crippen molar-refractivity contribution in [3.63, 3.8) is 0 Å². The van der Waals surface area contributed by atoms with E-state index in [1.807, 2.05) is 25.6 Å². The van der Waals surface area contributed by atoms with Crippen LogP contribution in [0.5, 0.6) is 0 Å². The van der Waals surface area contributed by atoms with Crippen LogP contribution < -0.4 is 4.89 Å². The van der Waals surface area contributed by atoms with E-state index in [4.69, 9.17) is 9.47 Å². The molecule has 0 saturated heterocycles. The Balaban J connectivity index is 4.88. The molecule has 4 unspecified atom stereocenters. The first-order valence-electron chi connectivity index (χ1n) is 14.5. The number of ether oxygens (including phenoxy) is 2. The second-order valence-corrected chi connectivity index (χ2v) is 12.2. The van der Waals surface area contributed by atoms with Crippen molar-refractivity contribution in [2.24, 2.45) is 0 Å². The first kappa shape index (κ1) is 35.8. The van der Waals surface area contributed by atoms with Gasteiger partial charge in [0.2, 0.25) is 14.3 Å². The average molecular weight is 551 g/mol. The molecular formula is C28H55O6PS. The molecule has 0 aliphatic carbocycles. The average Bonchev–Trinajstić information content (AvgIpc) is 2.83. The second-order valence-electron chi connectivity index (χ2n) is 9.80. The number of aliphatic carboxylic acids is 1. The Kier molecular flexibility index (Phi) is 25.0. The zero-order chi connectivity index (χ0) is 27.0. The van der Waals surface area contributed by atoms with Crippen LogP contribution in [0.2, 0.25) is 0 Å². The van der Waals surface area contributed by atoms with Crippen LogP contribution in [0.3, 0.4) is 0 Å². The van der Waals surface area contributed by atoms with Gasteiger partial charge in [-0.3, -0.25) is 0 Å². The molecule has 8 heteroatoms. The highest BCUT2D eigenvalue weighted by Gasteiger charge is 2.34. The smallest absolute Gasteiger partial charge is 0.382 e. The van der Waals surface area contributed by atoms with Crippen molar-refractivity contribution in [1.82, 2.24) is 0 Å². The van der Waals surface area contributed by atoms with Crippen molar-refractivity contribution in [2.75, 3.05) is 12.4 Å².